The Morgan fingerprint density at radius 3 is 2.20 bits per heavy atom. The molecule has 0 aliphatic heterocycles. The smallest absolute Gasteiger partial charge is 0.0168 e. The minimum atomic E-state index is 0.735. The highest BCUT2D eigenvalue weighted by Crippen LogP contribution is 2.18. The fraction of sp³-hybridized carbons (Fsp3) is 1.00. The summed E-state index contributed by atoms with van der Waals surface area (Å²) in [6.07, 6.45) is 5.43. The van der Waals surface area contributed by atoms with Crippen molar-refractivity contribution in [1.29, 1.82) is 0 Å². The molecular weight excluding hydrogens is 188 g/mol. The van der Waals surface area contributed by atoms with E-state index in [1.54, 1.807) is 0 Å². The molecule has 0 bridgehead atoms. The molecular formula is C9H19Br. The van der Waals surface area contributed by atoms with Gasteiger partial charge in [0.15, 0.2) is 0 Å². The first-order valence-electron chi connectivity index (χ1n) is 4.32. The fourth-order valence-corrected chi connectivity index (χ4v) is 1.25. The van der Waals surface area contributed by atoms with Crippen LogP contribution in [-0.2, 0) is 0 Å². The van der Waals surface area contributed by atoms with Gasteiger partial charge in [0, 0.05) is 4.83 Å². The maximum Gasteiger partial charge on any atom is 0.0168 e. The first-order valence-corrected chi connectivity index (χ1v) is 5.24. The van der Waals surface area contributed by atoms with E-state index in [0.29, 0.717) is 0 Å². The van der Waals surface area contributed by atoms with Gasteiger partial charge in [-0.25, -0.2) is 0 Å². The van der Waals surface area contributed by atoms with Gasteiger partial charge >= 0.3 is 0 Å². The lowest BCUT2D eigenvalue weighted by Crippen LogP contribution is -2.06. The molecule has 0 saturated carbocycles. The Bertz CT molecular complexity index is 69.1. The molecule has 62 valence electrons. The van der Waals surface area contributed by atoms with E-state index in [2.05, 4.69) is 36.7 Å². The van der Waals surface area contributed by atoms with Crippen molar-refractivity contribution in [2.45, 2.75) is 51.3 Å². The highest BCUT2D eigenvalue weighted by Gasteiger charge is 2.06. The maximum atomic E-state index is 3.67. The van der Waals surface area contributed by atoms with Crippen molar-refractivity contribution in [3.05, 3.63) is 0 Å². The molecule has 0 fully saturated rings. The van der Waals surface area contributed by atoms with E-state index >= 15 is 0 Å². The number of unbranched alkanes of at least 4 members (excludes halogenated alkanes) is 2. The molecule has 0 aliphatic carbocycles. The van der Waals surface area contributed by atoms with Gasteiger partial charge in [-0.15, -0.1) is 0 Å². The molecule has 0 saturated heterocycles. The lowest BCUT2D eigenvalue weighted by Gasteiger charge is -2.12. The Labute approximate surface area is 73.5 Å². The van der Waals surface area contributed by atoms with Crippen LogP contribution in [-0.4, -0.2) is 4.83 Å². The van der Waals surface area contributed by atoms with Crippen molar-refractivity contribution in [2.24, 2.45) is 5.92 Å². The van der Waals surface area contributed by atoms with Crippen molar-refractivity contribution in [3.63, 3.8) is 0 Å². The Balaban J connectivity index is 3.13. The van der Waals surface area contributed by atoms with Crippen LogP contribution in [0.2, 0.25) is 0 Å². The lowest BCUT2D eigenvalue weighted by molar-refractivity contribution is 0.547. The van der Waals surface area contributed by atoms with Gasteiger partial charge in [0.05, 0.1) is 0 Å². The normalized spacial score (nSPS) is 14.1. The molecule has 0 aliphatic rings. The molecule has 1 heteroatoms. The highest BCUT2D eigenvalue weighted by atomic mass is 79.9. The van der Waals surface area contributed by atoms with Gasteiger partial charge in [0.1, 0.15) is 0 Å². The maximum absolute atomic E-state index is 3.67. The quantitative estimate of drug-likeness (QED) is 0.472. The number of hydrogen-bond acceptors (Lipinski definition) is 0. The van der Waals surface area contributed by atoms with Gasteiger partial charge in [-0.3, -0.25) is 0 Å². The van der Waals surface area contributed by atoms with Crippen LogP contribution in [0.25, 0.3) is 0 Å². The zero-order valence-electron chi connectivity index (χ0n) is 7.36. The summed E-state index contributed by atoms with van der Waals surface area (Å²) >= 11 is 3.67. The van der Waals surface area contributed by atoms with Crippen molar-refractivity contribution < 1.29 is 0 Å². The van der Waals surface area contributed by atoms with E-state index in [0.717, 1.165) is 10.7 Å². The average molecular weight is 207 g/mol. The fourth-order valence-electron chi connectivity index (χ4n) is 0.923. The zero-order valence-corrected chi connectivity index (χ0v) is 8.95. The molecule has 0 aromatic rings. The molecule has 0 aromatic heterocycles. The largest absolute Gasteiger partial charge is 0.0888 e. The Kier molecular flexibility index (Phi) is 6.50. The molecule has 1 unspecified atom stereocenters. The minimum absolute atomic E-state index is 0.735. The van der Waals surface area contributed by atoms with Crippen LogP contribution in [0, 0.1) is 5.92 Å². The van der Waals surface area contributed by atoms with Crippen molar-refractivity contribution in [2.75, 3.05) is 0 Å². The van der Waals surface area contributed by atoms with Crippen LogP contribution >= 0.6 is 15.9 Å². The van der Waals surface area contributed by atoms with E-state index in [1.807, 2.05) is 0 Å². The van der Waals surface area contributed by atoms with Gasteiger partial charge < -0.3 is 0 Å². The second-order valence-corrected chi connectivity index (χ2v) is 4.43. The summed E-state index contributed by atoms with van der Waals surface area (Å²) in [5.74, 6) is 0.789. The minimum Gasteiger partial charge on any atom is -0.0888 e. The molecule has 0 spiro atoms. The summed E-state index contributed by atoms with van der Waals surface area (Å²) in [6, 6.07) is 0. The standard InChI is InChI=1S/C9H19Br/c1-4-5-6-7-9(10)8(2)3/h8-9H,4-7H2,1-3H3. The third-order valence-electron chi connectivity index (χ3n) is 1.81. The first-order chi connectivity index (χ1) is 4.68. The van der Waals surface area contributed by atoms with Crippen LogP contribution in [0.1, 0.15) is 46.5 Å². The van der Waals surface area contributed by atoms with Crippen LogP contribution in [0.4, 0.5) is 0 Å². The molecule has 0 nitrogen and oxygen atoms in total. The van der Waals surface area contributed by atoms with Crippen molar-refractivity contribution in [1.82, 2.24) is 0 Å². The van der Waals surface area contributed by atoms with Gasteiger partial charge in [-0.2, -0.15) is 0 Å². The number of rotatable bonds is 5. The first kappa shape index (κ1) is 10.5. The second-order valence-electron chi connectivity index (χ2n) is 3.26. The van der Waals surface area contributed by atoms with Crippen LogP contribution in [0.5, 0.6) is 0 Å². The Hall–Kier alpha value is 0.480. The zero-order chi connectivity index (χ0) is 7.98. The predicted molar refractivity (Wildman–Crippen MR) is 51.7 cm³/mol. The Morgan fingerprint density at radius 1 is 1.20 bits per heavy atom. The summed E-state index contributed by atoms with van der Waals surface area (Å²) in [7, 11) is 0. The van der Waals surface area contributed by atoms with Gasteiger partial charge in [0.2, 0.25) is 0 Å². The SMILES string of the molecule is CCCCCC(Br)C(C)C. The van der Waals surface area contributed by atoms with Crippen molar-refractivity contribution in [3.8, 4) is 0 Å². The predicted octanol–water partition coefficient (Wildman–Crippen LogP) is 3.99. The molecule has 0 aromatic carbocycles. The molecule has 1 atom stereocenters. The molecule has 0 N–H and O–H groups in total. The molecule has 10 heavy (non-hydrogen) atoms. The van der Waals surface area contributed by atoms with E-state index in [4.69, 9.17) is 0 Å². The van der Waals surface area contributed by atoms with Gasteiger partial charge in [-0.05, 0) is 12.3 Å². The van der Waals surface area contributed by atoms with E-state index in [9.17, 15) is 0 Å². The average Bonchev–Trinajstić information content (AvgIpc) is 1.88. The van der Waals surface area contributed by atoms with E-state index in [1.165, 1.54) is 25.7 Å². The van der Waals surface area contributed by atoms with Crippen LogP contribution < -0.4 is 0 Å². The van der Waals surface area contributed by atoms with Gasteiger partial charge in [0.25, 0.3) is 0 Å². The lowest BCUT2D eigenvalue weighted by atomic mass is 10.0. The Morgan fingerprint density at radius 2 is 1.80 bits per heavy atom. The van der Waals surface area contributed by atoms with Crippen LogP contribution in [0.15, 0.2) is 0 Å². The third kappa shape index (κ3) is 5.28. The number of halogens is 1. The summed E-state index contributed by atoms with van der Waals surface area (Å²) in [5.41, 5.74) is 0. The summed E-state index contributed by atoms with van der Waals surface area (Å²) in [5, 5.41) is 0. The summed E-state index contributed by atoms with van der Waals surface area (Å²) in [4.78, 5) is 0.735. The highest BCUT2D eigenvalue weighted by molar-refractivity contribution is 9.09. The summed E-state index contributed by atoms with van der Waals surface area (Å²) < 4.78 is 0. The monoisotopic (exact) mass is 206 g/mol. The molecule has 0 amide bonds. The third-order valence-corrected chi connectivity index (χ3v) is 3.32. The topological polar surface area (TPSA) is 0 Å². The molecule has 0 rings (SSSR count). The van der Waals surface area contributed by atoms with E-state index in [-0.39, 0.29) is 0 Å². The van der Waals surface area contributed by atoms with Crippen LogP contribution in [0.3, 0.4) is 0 Å². The number of alkyl halides is 1. The molecule has 0 heterocycles. The van der Waals surface area contributed by atoms with E-state index < -0.39 is 0 Å². The van der Waals surface area contributed by atoms with Crippen molar-refractivity contribution >= 4 is 15.9 Å². The van der Waals surface area contributed by atoms with Gasteiger partial charge in [-0.1, -0.05) is 56.0 Å². The summed E-state index contributed by atoms with van der Waals surface area (Å²) in [6.45, 7) is 6.79. The molecule has 0 radical (unpaired) electrons. The number of hydrogen-bond donors (Lipinski definition) is 0. The second kappa shape index (κ2) is 6.21.